The molecule has 4 heteroatoms. The first-order chi connectivity index (χ1) is 10.4. The third-order valence-electron chi connectivity index (χ3n) is 4.47. The van der Waals surface area contributed by atoms with Gasteiger partial charge in [-0.2, -0.15) is 0 Å². The van der Waals surface area contributed by atoms with E-state index in [1.165, 1.54) is 0 Å². The molecule has 2 unspecified atom stereocenters. The molecule has 2 N–H and O–H groups in total. The van der Waals surface area contributed by atoms with E-state index in [9.17, 15) is 14.7 Å². The zero-order chi connectivity index (χ0) is 15.9. The minimum atomic E-state index is -1.04. The van der Waals surface area contributed by atoms with Crippen LogP contribution in [0.3, 0.4) is 0 Å². The molecule has 2 atom stereocenters. The number of carbonyl (C=O) groups is 2. The minimum absolute atomic E-state index is 0.0173. The predicted molar refractivity (Wildman–Crippen MR) is 84.4 cm³/mol. The van der Waals surface area contributed by atoms with Crippen molar-refractivity contribution in [3.63, 3.8) is 0 Å². The zero-order valence-corrected chi connectivity index (χ0v) is 12.7. The van der Waals surface area contributed by atoms with Gasteiger partial charge in [-0.1, -0.05) is 50.2 Å². The molecule has 0 aliphatic heterocycles. The maximum absolute atomic E-state index is 12.2. The largest absolute Gasteiger partial charge is 0.479 e. The Hall–Kier alpha value is -2.36. The molecule has 0 aromatic heterocycles. The Labute approximate surface area is 129 Å². The van der Waals surface area contributed by atoms with Crippen molar-refractivity contribution in [2.24, 2.45) is 11.3 Å². The lowest BCUT2D eigenvalue weighted by atomic mass is 10.0. The first-order valence-corrected chi connectivity index (χ1v) is 7.40. The number of hydrogen-bond acceptors (Lipinski definition) is 2. The summed E-state index contributed by atoms with van der Waals surface area (Å²) in [5.41, 5.74) is 0.578. The third kappa shape index (κ3) is 2.69. The van der Waals surface area contributed by atoms with Crippen molar-refractivity contribution < 1.29 is 14.7 Å². The van der Waals surface area contributed by atoms with Gasteiger partial charge in [-0.15, -0.1) is 0 Å². The molecule has 0 saturated heterocycles. The second kappa shape index (κ2) is 5.13. The lowest BCUT2D eigenvalue weighted by molar-refractivity contribution is -0.142. The van der Waals surface area contributed by atoms with Gasteiger partial charge in [0.1, 0.15) is 0 Å². The van der Waals surface area contributed by atoms with Crippen LogP contribution in [0.4, 0.5) is 0 Å². The number of fused-ring (bicyclic) bond motifs is 1. The molecule has 114 valence electrons. The predicted octanol–water partition coefficient (Wildman–Crippen LogP) is 3.13. The highest BCUT2D eigenvalue weighted by atomic mass is 16.4. The van der Waals surface area contributed by atoms with Crippen LogP contribution in [0.2, 0.25) is 0 Å². The first kappa shape index (κ1) is 14.6. The van der Waals surface area contributed by atoms with Crippen LogP contribution in [0.15, 0.2) is 42.5 Å². The van der Waals surface area contributed by atoms with Gasteiger partial charge in [0, 0.05) is 5.92 Å². The van der Waals surface area contributed by atoms with Gasteiger partial charge in [0.25, 0.3) is 0 Å². The molecular formula is C18H19NO3. The summed E-state index contributed by atoms with van der Waals surface area (Å²) in [5, 5.41) is 14.2. The number of rotatable bonds is 4. The molecule has 0 heterocycles. The summed E-state index contributed by atoms with van der Waals surface area (Å²) < 4.78 is 0. The fourth-order valence-corrected chi connectivity index (χ4v) is 2.83. The highest BCUT2D eigenvalue weighted by Gasteiger charge is 2.51. The van der Waals surface area contributed by atoms with Crippen molar-refractivity contribution >= 4 is 22.6 Å². The van der Waals surface area contributed by atoms with Crippen molar-refractivity contribution in [1.29, 1.82) is 0 Å². The van der Waals surface area contributed by atoms with Crippen LogP contribution in [0.5, 0.6) is 0 Å². The van der Waals surface area contributed by atoms with Crippen molar-refractivity contribution in [2.75, 3.05) is 0 Å². The normalized spacial score (nSPS) is 20.4. The molecule has 1 amide bonds. The Balaban J connectivity index is 1.86. The van der Waals surface area contributed by atoms with Gasteiger partial charge >= 0.3 is 5.97 Å². The van der Waals surface area contributed by atoms with Crippen LogP contribution in [-0.2, 0) is 9.59 Å². The molecule has 2 aromatic carbocycles. The average Bonchev–Trinajstić information content (AvgIpc) is 3.12. The third-order valence-corrected chi connectivity index (χ3v) is 4.47. The first-order valence-electron chi connectivity index (χ1n) is 7.40. The molecule has 1 aliphatic rings. The SMILES string of the molecule is CC1(C)CC1C(=O)NC(C(=O)O)c1ccc2ccccc2c1. The van der Waals surface area contributed by atoms with E-state index in [0.29, 0.717) is 5.56 Å². The van der Waals surface area contributed by atoms with Crippen LogP contribution in [0.25, 0.3) is 10.8 Å². The minimum Gasteiger partial charge on any atom is -0.479 e. The van der Waals surface area contributed by atoms with Crippen LogP contribution >= 0.6 is 0 Å². The van der Waals surface area contributed by atoms with E-state index in [2.05, 4.69) is 5.32 Å². The van der Waals surface area contributed by atoms with Crippen molar-refractivity contribution in [1.82, 2.24) is 5.32 Å². The fraction of sp³-hybridized carbons (Fsp3) is 0.333. The second-order valence-corrected chi connectivity index (χ2v) is 6.63. The van der Waals surface area contributed by atoms with Gasteiger partial charge in [-0.3, -0.25) is 4.79 Å². The lowest BCUT2D eigenvalue weighted by Gasteiger charge is -2.16. The molecule has 4 nitrogen and oxygen atoms in total. The van der Waals surface area contributed by atoms with Crippen LogP contribution in [0.1, 0.15) is 31.9 Å². The molecular weight excluding hydrogens is 278 g/mol. The number of carboxylic acids is 1. The van der Waals surface area contributed by atoms with Crippen LogP contribution in [-0.4, -0.2) is 17.0 Å². The molecule has 22 heavy (non-hydrogen) atoms. The zero-order valence-electron chi connectivity index (χ0n) is 12.7. The van der Waals surface area contributed by atoms with Gasteiger partial charge in [0.2, 0.25) is 5.91 Å². The van der Waals surface area contributed by atoms with E-state index in [0.717, 1.165) is 17.2 Å². The maximum Gasteiger partial charge on any atom is 0.330 e. The molecule has 1 saturated carbocycles. The summed E-state index contributed by atoms with van der Waals surface area (Å²) in [5.74, 6) is -1.30. The van der Waals surface area contributed by atoms with Gasteiger partial charge in [0.05, 0.1) is 0 Å². The topological polar surface area (TPSA) is 66.4 Å². The quantitative estimate of drug-likeness (QED) is 0.911. The van der Waals surface area contributed by atoms with Gasteiger partial charge < -0.3 is 10.4 Å². The average molecular weight is 297 g/mol. The Bertz CT molecular complexity index is 751. The van der Waals surface area contributed by atoms with Crippen LogP contribution in [0, 0.1) is 11.3 Å². The van der Waals surface area contributed by atoms with Crippen LogP contribution < -0.4 is 5.32 Å². The van der Waals surface area contributed by atoms with E-state index in [-0.39, 0.29) is 17.2 Å². The number of nitrogens with one attached hydrogen (secondary N) is 1. The number of aliphatic carboxylic acids is 1. The number of hydrogen-bond donors (Lipinski definition) is 2. The fourth-order valence-electron chi connectivity index (χ4n) is 2.83. The summed E-state index contributed by atoms with van der Waals surface area (Å²) in [7, 11) is 0. The Morgan fingerprint density at radius 1 is 1.18 bits per heavy atom. The molecule has 1 fully saturated rings. The Kier molecular flexibility index (Phi) is 3.39. The Morgan fingerprint density at radius 3 is 2.41 bits per heavy atom. The number of amides is 1. The highest BCUT2D eigenvalue weighted by molar-refractivity contribution is 5.89. The number of carbonyl (C=O) groups excluding carboxylic acids is 1. The molecule has 0 spiro atoms. The van der Waals surface area contributed by atoms with Crippen molar-refractivity contribution in [3.05, 3.63) is 48.0 Å². The summed E-state index contributed by atoms with van der Waals surface area (Å²) in [6.45, 7) is 4.03. The van der Waals surface area contributed by atoms with Crippen molar-refractivity contribution in [3.8, 4) is 0 Å². The number of benzene rings is 2. The van der Waals surface area contributed by atoms with Crippen molar-refractivity contribution in [2.45, 2.75) is 26.3 Å². The number of carboxylic acid groups (broad SMARTS) is 1. The summed E-state index contributed by atoms with van der Waals surface area (Å²) in [6.07, 6.45) is 0.808. The highest BCUT2D eigenvalue weighted by Crippen LogP contribution is 2.51. The summed E-state index contributed by atoms with van der Waals surface area (Å²) in [6, 6.07) is 12.2. The van der Waals surface area contributed by atoms with E-state index < -0.39 is 12.0 Å². The monoisotopic (exact) mass is 297 g/mol. The molecule has 0 radical (unpaired) electrons. The molecule has 2 aromatic rings. The van der Waals surface area contributed by atoms with E-state index in [1.54, 1.807) is 6.07 Å². The van der Waals surface area contributed by atoms with E-state index in [4.69, 9.17) is 0 Å². The van der Waals surface area contributed by atoms with E-state index >= 15 is 0 Å². The molecule has 1 aliphatic carbocycles. The van der Waals surface area contributed by atoms with E-state index in [1.807, 2.05) is 50.2 Å². The summed E-state index contributed by atoms with van der Waals surface area (Å²) >= 11 is 0. The summed E-state index contributed by atoms with van der Waals surface area (Å²) in [4.78, 5) is 23.8. The smallest absolute Gasteiger partial charge is 0.330 e. The standard InChI is InChI=1S/C18H19NO3/c1-18(2)10-14(18)16(20)19-15(17(21)22)13-8-7-11-5-3-4-6-12(11)9-13/h3-9,14-15H,10H2,1-2H3,(H,19,20)(H,21,22). The van der Waals surface area contributed by atoms with Gasteiger partial charge in [-0.05, 0) is 34.2 Å². The Morgan fingerprint density at radius 2 is 1.82 bits per heavy atom. The molecule has 0 bridgehead atoms. The maximum atomic E-state index is 12.2. The second-order valence-electron chi connectivity index (χ2n) is 6.63. The lowest BCUT2D eigenvalue weighted by Crippen LogP contribution is -2.35. The molecule has 3 rings (SSSR count). The van der Waals surface area contributed by atoms with Gasteiger partial charge in [0.15, 0.2) is 6.04 Å². The van der Waals surface area contributed by atoms with Gasteiger partial charge in [-0.25, -0.2) is 4.79 Å².